The molecule has 25 heavy (non-hydrogen) atoms. The average Bonchev–Trinajstić information content (AvgIpc) is 3.08. The molecule has 2 aromatic rings. The Hall–Kier alpha value is -1.20. The van der Waals surface area contributed by atoms with E-state index < -0.39 is 6.10 Å². The number of likely N-dealkylation sites (tertiary alicyclic amines) is 1. The van der Waals surface area contributed by atoms with Gasteiger partial charge in [0.2, 0.25) is 0 Å². The van der Waals surface area contributed by atoms with Crippen LogP contribution in [0.25, 0.3) is 0 Å². The minimum absolute atomic E-state index is 0.502. The lowest BCUT2D eigenvalue weighted by Crippen LogP contribution is -2.27. The van der Waals surface area contributed by atoms with Gasteiger partial charge in [-0.3, -0.25) is 4.90 Å². The highest BCUT2D eigenvalue weighted by Gasteiger charge is 2.25. The molecule has 0 saturated carbocycles. The molecule has 0 bridgehead atoms. The van der Waals surface area contributed by atoms with E-state index in [1.54, 1.807) is 11.8 Å². The van der Waals surface area contributed by atoms with Gasteiger partial charge in [0.25, 0.3) is 0 Å². The highest BCUT2D eigenvalue weighted by Crippen LogP contribution is 2.24. The van der Waals surface area contributed by atoms with Gasteiger partial charge in [-0.05, 0) is 61.2 Å². The molecule has 2 unspecified atom stereocenters. The highest BCUT2D eigenvalue weighted by molar-refractivity contribution is 7.98. The van der Waals surface area contributed by atoms with Crippen molar-refractivity contribution in [2.45, 2.75) is 17.4 Å². The van der Waals surface area contributed by atoms with Crippen LogP contribution < -0.4 is 4.74 Å². The molecule has 3 rings (SSSR count). The van der Waals surface area contributed by atoms with Crippen LogP contribution in [-0.2, 0) is 0 Å². The minimum atomic E-state index is -0.502. The average molecular weight is 378 g/mol. The van der Waals surface area contributed by atoms with Crippen molar-refractivity contribution in [3.05, 3.63) is 59.1 Å². The molecule has 1 aliphatic rings. The van der Waals surface area contributed by atoms with Crippen molar-refractivity contribution in [2.24, 2.45) is 5.92 Å². The number of aliphatic hydroxyl groups is 1. The van der Waals surface area contributed by atoms with E-state index in [-0.39, 0.29) is 0 Å². The smallest absolute Gasteiger partial charge is 0.119 e. The molecule has 2 atom stereocenters. The normalized spacial score (nSPS) is 19.1. The number of hydrogen-bond acceptors (Lipinski definition) is 4. The zero-order valence-electron chi connectivity index (χ0n) is 14.4. The molecule has 3 nitrogen and oxygen atoms in total. The predicted molar refractivity (Wildman–Crippen MR) is 105 cm³/mol. The van der Waals surface area contributed by atoms with E-state index >= 15 is 0 Å². The third kappa shape index (κ3) is 5.38. The largest absolute Gasteiger partial charge is 0.493 e. The van der Waals surface area contributed by atoms with Crippen LogP contribution in [0.5, 0.6) is 5.75 Å². The Morgan fingerprint density at radius 2 is 2.08 bits per heavy atom. The molecule has 1 saturated heterocycles. The SMILES string of the molecule is CSc1ccc(OCC2CCN(CC(O)c3cccc(Cl)c3)C2)cc1. The zero-order valence-corrected chi connectivity index (χ0v) is 16.0. The van der Waals surface area contributed by atoms with Crippen molar-refractivity contribution in [3.63, 3.8) is 0 Å². The van der Waals surface area contributed by atoms with E-state index in [2.05, 4.69) is 23.3 Å². The van der Waals surface area contributed by atoms with E-state index in [4.69, 9.17) is 16.3 Å². The Kier molecular flexibility index (Phi) is 6.65. The van der Waals surface area contributed by atoms with Crippen LogP contribution >= 0.6 is 23.4 Å². The van der Waals surface area contributed by atoms with Crippen LogP contribution in [0, 0.1) is 5.92 Å². The number of halogens is 1. The number of rotatable bonds is 7. The maximum atomic E-state index is 10.4. The van der Waals surface area contributed by atoms with Gasteiger partial charge < -0.3 is 9.84 Å². The van der Waals surface area contributed by atoms with Crippen molar-refractivity contribution < 1.29 is 9.84 Å². The summed E-state index contributed by atoms with van der Waals surface area (Å²) in [6.07, 6.45) is 2.67. The maximum Gasteiger partial charge on any atom is 0.119 e. The number of ether oxygens (including phenoxy) is 1. The molecule has 1 fully saturated rings. The van der Waals surface area contributed by atoms with E-state index in [0.29, 0.717) is 17.5 Å². The van der Waals surface area contributed by atoms with Gasteiger partial charge in [0.1, 0.15) is 5.75 Å². The number of nitrogens with zero attached hydrogens (tertiary/aromatic N) is 1. The zero-order chi connectivity index (χ0) is 17.6. The lowest BCUT2D eigenvalue weighted by Gasteiger charge is -2.20. The second-order valence-corrected chi connectivity index (χ2v) is 7.79. The van der Waals surface area contributed by atoms with Gasteiger partial charge in [-0.2, -0.15) is 0 Å². The lowest BCUT2D eigenvalue weighted by atomic mass is 10.1. The number of thioether (sulfide) groups is 1. The summed E-state index contributed by atoms with van der Waals surface area (Å²) in [6, 6.07) is 15.7. The molecular formula is C20H24ClNO2S. The van der Waals surface area contributed by atoms with Crippen LogP contribution in [0.1, 0.15) is 18.1 Å². The second kappa shape index (κ2) is 8.95. The van der Waals surface area contributed by atoms with E-state index in [9.17, 15) is 5.11 Å². The van der Waals surface area contributed by atoms with Crippen molar-refractivity contribution >= 4 is 23.4 Å². The summed E-state index contributed by atoms with van der Waals surface area (Å²) < 4.78 is 5.93. The third-order valence-corrected chi connectivity index (χ3v) is 5.56. The number of benzene rings is 2. The molecule has 5 heteroatoms. The molecular weight excluding hydrogens is 354 g/mol. The van der Waals surface area contributed by atoms with Crippen LogP contribution in [-0.4, -0.2) is 42.5 Å². The fourth-order valence-corrected chi connectivity index (χ4v) is 3.77. The molecule has 134 valence electrons. The monoisotopic (exact) mass is 377 g/mol. The van der Waals surface area contributed by atoms with Gasteiger partial charge in [-0.15, -0.1) is 11.8 Å². The molecule has 1 N–H and O–H groups in total. The molecule has 0 radical (unpaired) electrons. The van der Waals surface area contributed by atoms with Gasteiger partial charge in [0.15, 0.2) is 0 Å². The fraction of sp³-hybridized carbons (Fsp3) is 0.400. The maximum absolute atomic E-state index is 10.4. The Balaban J connectivity index is 1.45. The fourth-order valence-electron chi connectivity index (χ4n) is 3.16. The summed E-state index contributed by atoms with van der Waals surface area (Å²) in [5.74, 6) is 1.43. The van der Waals surface area contributed by atoms with Crippen LogP contribution in [0.4, 0.5) is 0 Å². The predicted octanol–water partition coefficient (Wildman–Crippen LogP) is 4.50. The molecule has 0 spiro atoms. The first-order chi connectivity index (χ1) is 12.1. The Morgan fingerprint density at radius 3 is 2.80 bits per heavy atom. The summed E-state index contributed by atoms with van der Waals surface area (Å²) >= 11 is 7.74. The third-order valence-electron chi connectivity index (χ3n) is 4.58. The summed E-state index contributed by atoms with van der Waals surface area (Å²) in [5.41, 5.74) is 0.876. The van der Waals surface area contributed by atoms with E-state index in [0.717, 1.165) is 37.4 Å². The molecule has 1 aliphatic heterocycles. The lowest BCUT2D eigenvalue weighted by molar-refractivity contribution is 0.122. The van der Waals surface area contributed by atoms with Crippen molar-refractivity contribution in [2.75, 3.05) is 32.5 Å². The van der Waals surface area contributed by atoms with Gasteiger partial charge in [-0.1, -0.05) is 23.7 Å². The van der Waals surface area contributed by atoms with Gasteiger partial charge in [0, 0.05) is 28.9 Å². The second-order valence-electron chi connectivity index (χ2n) is 6.47. The first-order valence-corrected chi connectivity index (χ1v) is 10.2. The standard InChI is InChI=1S/C20H24ClNO2S/c1-25-19-7-5-18(6-8-19)24-14-15-9-10-22(12-15)13-20(23)16-3-2-4-17(21)11-16/h2-8,11,15,20,23H,9-10,12-14H2,1H3. The quantitative estimate of drug-likeness (QED) is 0.720. The molecule has 0 aliphatic carbocycles. The Morgan fingerprint density at radius 1 is 1.28 bits per heavy atom. The topological polar surface area (TPSA) is 32.7 Å². The molecule has 1 heterocycles. The van der Waals surface area contributed by atoms with Gasteiger partial charge in [0.05, 0.1) is 12.7 Å². The summed E-state index contributed by atoms with van der Waals surface area (Å²) in [5, 5.41) is 11.1. The van der Waals surface area contributed by atoms with Gasteiger partial charge in [-0.25, -0.2) is 0 Å². The van der Waals surface area contributed by atoms with Crippen LogP contribution in [0.2, 0.25) is 5.02 Å². The minimum Gasteiger partial charge on any atom is -0.493 e. The van der Waals surface area contributed by atoms with E-state index in [1.165, 1.54) is 4.90 Å². The number of β-amino-alcohol motifs (C(OH)–C–C–N with tert-alkyl or cyclic N) is 1. The summed E-state index contributed by atoms with van der Waals surface area (Å²) in [7, 11) is 0. The van der Waals surface area contributed by atoms with Crippen LogP contribution in [0.15, 0.2) is 53.4 Å². The molecule has 0 aromatic heterocycles. The molecule has 2 aromatic carbocycles. The highest BCUT2D eigenvalue weighted by atomic mass is 35.5. The van der Waals surface area contributed by atoms with Crippen molar-refractivity contribution in [1.82, 2.24) is 4.90 Å². The molecule has 0 amide bonds. The first kappa shape index (κ1) is 18.6. The Labute approximate surface area is 158 Å². The number of hydrogen-bond donors (Lipinski definition) is 1. The van der Waals surface area contributed by atoms with Gasteiger partial charge >= 0.3 is 0 Å². The number of aliphatic hydroxyl groups excluding tert-OH is 1. The van der Waals surface area contributed by atoms with Crippen molar-refractivity contribution in [1.29, 1.82) is 0 Å². The van der Waals surface area contributed by atoms with E-state index in [1.807, 2.05) is 36.4 Å². The van der Waals surface area contributed by atoms with Crippen molar-refractivity contribution in [3.8, 4) is 5.75 Å². The summed E-state index contributed by atoms with van der Waals surface area (Å²) in [4.78, 5) is 3.55. The Bertz CT molecular complexity index is 680. The summed E-state index contributed by atoms with van der Waals surface area (Å²) in [6.45, 7) is 3.32. The van der Waals surface area contributed by atoms with Crippen LogP contribution in [0.3, 0.4) is 0 Å². The first-order valence-electron chi connectivity index (χ1n) is 8.57.